The third-order valence-corrected chi connectivity index (χ3v) is 3.98. The van der Waals surface area contributed by atoms with Gasteiger partial charge in [-0.3, -0.25) is 15.0 Å². The zero-order valence-corrected chi connectivity index (χ0v) is 13.1. The van der Waals surface area contributed by atoms with E-state index in [9.17, 15) is 9.59 Å². The van der Waals surface area contributed by atoms with Crippen LogP contribution in [-0.4, -0.2) is 25.6 Å². The van der Waals surface area contributed by atoms with E-state index in [1.165, 1.54) is 0 Å². The van der Waals surface area contributed by atoms with Gasteiger partial charge in [-0.05, 0) is 41.8 Å². The van der Waals surface area contributed by atoms with Crippen LogP contribution in [0.1, 0.15) is 12.0 Å². The van der Waals surface area contributed by atoms with Crippen LogP contribution in [0.25, 0.3) is 11.1 Å². The van der Waals surface area contributed by atoms with Crippen LogP contribution in [0.5, 0.6) is 5.75 Å². The molecule has 3 rings (SSSR count). The number of benzene rings is 2. The van der Waals surface area contributed by atoms with Crippen molar-refractivity contribution >= 4 is 17.6 Å². The molecule has 1 saturated heterocycles. The van der Waals surface area contributed by atoms with Gasteiger partial charge in [-0.1, -0.05) is 24.3 Å². The van der Waals surface area contributed by atoms with E-state index >= 15 is 0 Å². The Morgan fingerprint density at radius 1 is 1.04 bits per heavy atom. The number of hydrogen-bond acceptors (Lipinski definition) is 3. The molecule has 0 unspecified atom stereocenters. The highest BCUT2D eigenvalue weighted by Crippen LogP contribution is 2.29. The highest BCUT2D eigenvalue weighted by molar-refractivity contribution is 6.06. The molecule has 3 amide bonds. The minimum Gasteiger partial charge on any atom is -0.497 e. The molecule has 0 aromatic heterocycles. The number of methoxy groups -OCH3 is 1. The summed E-state index contributed by atoms with van der Waals surface area (Å²) < 4.78 is 5.17. The largest absolute Gasteiger partial charge is 0.497 e. The summed E-state index contributed by atoms with van der Waals surface area (Å²) in [5, 5.41) is 2.36. The highest BCUT2D eigenvalue weighted by Gasteiger charge is 2.25. The van der Waals surface area contributed by atoms with Crippen LogP contribution in [0.3, 0.4) is 0 Å². The van der Waals surface area contributed by atoms with Crippen molar-refractivity contribution < 1.29 is 14.3 Å². The Morgan fingerprint density at radius 2 is 1.74 bits per heavy atom. The van der Waals surface area contributed by atoms with Crippen molar-refractivity contribution in [1.82, 2.24) is 5.32 Å². The number of amides is 3. The maximum atomic E-state index is 12.1. The SMILES string of the molecule is COc1ccc(-c2ccc(C)c(N3CCC(=O)NC3=O)c2)cc1. The first-order chi connectivity index (χ1) is 11.1. The lowest BCUT2D eigenvalue weighted by Gasteiger charge is -2.28. The Morgan fingerprint density at radius 3 is 2.39 bits per heavy atom. The standard InChI is InChI=1S/C18H18N2O3/c1-12-3-4-14(13-5-7-15(23-2)8-6-13)11-16(12)20-10-9-17(21)19-18(20)22/h3-8,11H,9-10H2,1-2H3,(H,19,21,22). The molecule has 2 aromatic carbocycles. The van der Waals surface area contributed by atoms with E-state index in [1.807, 2.05) is 49.4 Å². The van der Waals surface area contributed by atoms with E-state index in [-0.39, 0.29) is 11.9 Å². The van der Waals surface area contributed by atoms with Crippen LogP contribution >= 0.6 is 0 Å². The minimum atomic E-state index is -0.365. The Hall–Kier alpha value is -2.82. The van der Waals surface area contributed by atoms with Gasteiger partial charge in [-0.2, -0.15) is 0 Å². The second-order valence-electron chi connectivity index (χ2n) is 5.48. The molecule has 118 valence electrons. The molecule has 0 radical (unpaired) electrons. The van der Waals surface area contributed by atoms with Crippen LogP contribution in [0.4, 0.5) is 10.5 Å². The first kappa shape index (κ1) is 15.1. The molecule has 1 aliphatic rings. The van der Waals surface area contributed by atoms with Crippen molar-refractivity contribution in [3.8, 4) is 16.9 Å². The lowest BCUT2D eigenvalue weighted by atomic mass is 10.0. The summed E-state index contributed by atoms with van der Waals surface area (Å²) in [5.41, 5.74) is 3.87. The lowest BCUT2D eigenvalue weighted by molar-refractivity contribution is -0.120. The maximum Gasteiger partial charge on any atom is 0.328 e. The predicted octanol–water partition coefficient (Wildman–Crippen LogP) is 3.12. The smallest absolute Gasteiger partial charge is 0.328 e. The van der Waals surface area contributed by atoms with Gasteiger partial charge in [0.05, 0.1) is 7.11 Å². The molecule has 5 heteroatoms. The van der Waals surface area contributed by atoms with Crippen LogP contribution in [0.2, 0.25) is 0 Å². The van der Waals surface area contributed by atoms with Crippen molar-refractivity contribution in [2.75, 3.05) is 18.6 Å². The van der Waals surface area contributed by atoms with E-state index in [2.05, 4.69) is 5.32 Å². The van der Waals surface area contributed by atoms with Crippen LogP contribution in [-0.2, 0) is 4.79 Å². The van der Waals surface area contributed by atoms with Gasteiger partial charge in [0, 0.05) is 18.7 Å². The summed E-state index contributed by atoms with van der Waals surface area (Å²) in [4.78, 5) is 25.0. The number of rotatable bonds is 3. The number of carbonyl (C=O) groups is 2. The number of hydrogen-bond donors (Lipinski definition) is 1. The molecule has 23 heavy (non-hydrogen) atoms. The van der Waals surface area contributed by atoms with Crippen molar-refractivity contribution in [1.29, 1.82) is 0 Å². The van der Waals surface area contributed by atoms with Crippen LogP contribution in [0.15, 0.2) is 42.5 Å². The first-order valence-corrected chi connectivity index (χ1v) is 7.45. The Kier molecular flexibility index (Phi) is 4.02. The molecule has 1 heterocycles. The molecule has 0 atom stereocenters. The molecule has 1 N–H and O–H groups in total. The van der Waals surface area contributed by atoms with Crippen molar-refractivity contribution in [3.05, 3.63) is 48.0 Å². The molecule has 0 aliphatic carbocycles. The molecule has 0 bridgehead atoms. The van der Waals surface area contributed by atoms with Gasteiger partial charge in [0.2, 0.25) is 5.91 Å². The summed E-state index contributed by atoms with van der Waals surface area (Å²) >= 11 is 0. The molecule has 1 fully saturated rings. The number of imide groups is 1. The lowest BCUT2D eigenvalue weighted by Crippen LogP contribution is -2.49. The fraction of sp³-hybridized carbons (Fsp3) is 0.222. The average Bonchev–Trinajstić information content (AvgIpc) is 2.56. The normalized spacial score (nSPS) is 14.6. The number of aryl methyl sites for hydroxylation is 1. The number of urea groups is 1. The van der Waals surface area contributed by atoms with Crippen LogP contribution in [0, 0.1) is 6.92 Å². The minimum absolute atomic E-state index is 0.227. The van der Waals surface area contributed by atoms with E-state index in [4.69, 9.17) is 4.74 Å². The number of ether oxygens (including phenoxy) is 1. The number of nitrogens with one attached hydrogen (secondary N) is 1. The van der Waals surface area contributed by atoms with Gasteiger partial charge in [0.25, 0.3) is 0 Å². The van der Waals surface area contributed by atoms with E-state index in [0.29, 0.717) is 13.0 Å². The summed E-state index contributed by atoms with van der Waals surface area (Å²) in [6.45, 7) is 2.36. The Labute approximate surface area is 134 Å². The second-order valence-corrected chi connectivity index (χ2v) is 5.48. The molecule has 5 nitrogen and oxygen atoms in total. The highest BCUT2D eigenvalue weighted by atomic mass is 16.5. The monoisotopic (exact) mass is 310 g/mol. The fourth-order valence-corrected chi connectivity index (χ4v) is 2.66. The van der Waals surface area contributed by atoms with Crippen molar-refractivity contribution in [2.45, 2.75) is 13.3 Å². The summed E-state index contributed by atoms with van der Waals surface area (Å²) in [6, 6.07) is 13.4. The number of anilines is 1. The van der Waals surface area contributed by atoms with Gasteiger partial charge >= 0.3 is 6.03 Å². The van der Waals surface area contributed by atoms with Crippen molar-refractivity contribution in [3.63, 3.8) is 0 Å². The van der Waals surface area contributed by atoms with Gasteiger partial charge in [0.15, 0.2) is 0 Å². The quantitative estimate of drug-likeness (QED) is 0.947. The maximum absolute atomic E-state index is 12.1. The predicted molar refractivity (Wildman–Crippen MR) is 88.7 cm³/mol. The molecule has 1 aliphatic heterocycles. The van der Waals surface area contributed by atoms with Gasteiger partial charge < -0.3 is 4.74 Å². The molecular formula is C18H18N2O3. The summed E-state index contributed by atoms with van der Waals surface area (Å²) in [5.74, 6) is 0.574. The summed E-state index contributed by atoms with van der Waals surface area (Å²) in [7, 11) is 1.63. The van der Waals surface area contributed by atoms with E-state index in [0.717, 1.165) is 28.1 Å². The van der Waals surface area contributed by atoms with E-state index < -0.39 is 0 Å². The molecule has 0 spiro atoms. The average molecular weight is 310 g/mol. The van der Waals surface area contributed by atoms with Crippen molar-refractivity contribution in [2.24, 2.45) is 0 Å². The molecular weight excluding hydrogens is 292 g/mol. The van der Waals surface area contributed by atoms with Gasteiger partial charge in [0.1, 0.15) is 5.75 Å². The van der Waals surface area contributed by atoms with Gasteiger partial charge in [-0.25, -0.2) is 4.79 Å². The zero-order chi connectivity index (χ0) is 16.4. The summed E-state index contributed by atoms with van der Waals surface area (Å²) in [6.07, 6.45) is 0.317. The van der Waals surface area contributed by atoms with Crippen LogP contribution < -0.4 is 15.0 Å². The second kappa shape index (κ2) is 6.12. The number of nitrogens with zero attached hydrogens (tertiary/aromatic N) is 1. The fourth-order valence-electron chi connectivity index (χ4n) is 2.66. The topological polar surface area (TPSA) is 58.6 Å². The van der Waals surface area contributed by atoms with Gasteiger partial charge in [-0.15, -0.1) is 0 Å². The third kappa shape index (κ3) is 3.04. The Bertz CT molecular complexity index is 753. The first-order valence-electron chi connectivity index (χ1n) is 7.45. The molecule has 2 aromatic rings. The third-order valence-electron chi connectivity index (χ3n) is 3.98. The zero-order valence-electron chi connectivity index (χ0n) is 13.1. The molecule has 0 saturated carbocycles. The van der Waals surface area contributed by atoms with E-state index in [1.54, 1.807) is 12.0 Å². The number of carbonyl (C=O) groups excluding carboxylic acids is 2. The Balaban J connectivity index is 1.95.